The van der Waals surface area contributed by atoms with Gasteiger partial charge in [-0.3, -0.25) is 4.79 Å². The largest absolute Gasteiger partial charge is 0.465 e. The molecule has 0 radical (unpaired) electrons. The molecule has 0 fully saturated rings. The summed E-state index contributed by atoms with van der Waals surface area (Å²) < 4.78 is 9.80. The van der Waals surface area contributed by atoms with Crippen molar-refractivity contribution in [3.8, 4) is 0 Å². The van der Waals surface area contributed by atoms with Gasteiger partial charge in [-0.2, -0.15) is 0 Å². The second-order valence-corrected chi connectivity index (χ2v) is 6.75. The van der Waals surface area contributed by atoms with Gasteiger partial charge in [0.05, 0.1) is 28.9 Å². The topological polar surface area (TPSA) is 93.7 Å². The molecule has 0 saturated carbocycles. The van der Waals surface area contributed by atoms with E-state index in [0.29, 0.717) is 16.9 Å². The molecular weight excluding hydrogens is 420 g/mol. The molecule has 0 spiro atoms. The summed E-state index contributed by atoms with van der Waals surface area (Å²) in [5, 5.41) is 5.90. The Balaban J connectivity index is 1.63. The lowest BCUT2D eigenvalue weighted by atomic mass is 10.1. The Bertz CT molecular complexity index is 1100. The van der Waals surface area contributed by atoms with Gasteiger partial charge in [0, 0.05) is 11.4 Å². The molecule has 0 aromatic heterocycles. The molecule has 0 aliphatic heterocycles. The third-order valence-electron chi connectivity index (χ3n) is 4.19. The van der Waals surface area contributed by atoms with Crippen LogP contribution in [-0.2, 0) is 14.3 Å². The molecule has 31 heavy (non-hydrogen) atoms. The Hall–Kier alpha value is -3.84. The lowest BCUT2D eigenvalue weighted by Gasteiger charge is -2.12. The first kappa shape index (κ1) is 21.9. The van der Waals surface area contributed by atoms with Crippen molar-refractivity contribution in [2.24, 2.45) is 0 Å². The van der Waals surface area contributed by atoms with Crippen LogP contribution in [0.1, 0.15) is 20.7 Å². The number of carbonyl (C=O) groups is 3. The minimum Gasteiger partial charge on any atom is -0.465 e. The van der Waals surface area contributed by atoms with Gasteiger partial charge in [0.15, 0.2) is 6.61 Å². The Morgan fingerprint density at radius 3 is 2.29 bits per heavy atom. The summed E-state index contributed by atoms with van der Waals surface area (Å²) in [6, 6.07) is 20.6. The van der Waals surface area contributed by atoms with Crippen LogP contribution in [0.3, 0.4) is 0 Å². The van der Waals surface area contributed by atoms with Gasteiger partial charge < -0.3 is 20.1 Å². The van der Waals surface area contributed by atoms with Crippen molar-refractivity contribution in [1.82, 2.24) is 0 Å². The molecule has 1 amide bonds. The van der Waals surface area contributed by atoms with E-state index >= 15 is 0 Å². The van der Waals surface area contributed by atoms with Gasteiger partial charge in [-0.1, -0.05) is 41.9 Å². The number of amides is 1. The predicted molar refractivity (Wildman–Crippen MR) is 118 cm³/mol. The Kier molecular flexibility index (Phi) is 7.24. The average Bonchev–Trinajstić information content (AvgIpc) is 2.79. The van der Waals surface area contributed by atoms with Gasteiger partial charge in [-0.25, -0.2) is 9.59 Å². The van der Waals surface area contributed by atoms with Gasteiger partial charge in [-0.15, -0.1) is 0 Å². The van der Waals surface area contributed by atoms with Crippen molar-refractivity contribution < 1.29 is 23.9 Å². The zero-order chi connectivity index (χ0) is 22.2. The first-order chi connectivity index (χ1) is 15.0. The maximum atomic E-state index is 12.5. The quantitative estimate of drug-likeness (QED) is 0.521. The van der Waals surface area contributed by atoms with Crippen molar-refractivity contribution in [2.75, 3.05) is 24.4 Å². The van der Waals surface area contributed by atoms with E-state index in [1.807, 2.05) is 30.3 Å². The summed E-state index contributed by atoms with van der Waals surface area (Å²) in [5.74, 6) is -1.85. The van der Waals surface area contributed by atoms with Crippen molar-refractivity contribution >= 4 is 46.5 Å². The molecule has 3 rings (SSSR count). The van der Waals surface area contributed by atoms with E-state index in [4.69, 9.17) is 16.3 Å². The highest BCUT2D eigenvalue weighted by molar-refractivity contribution is 6.33. The van der Waals surface area contributed by atoms with Crippen molar-refractivity contribution in [3.63, 3.8) is 0 Å². The third kappa shape index (κ3) is 5.83. The fourth-order valence-corrected chi connectivity index (χ4v) is 2.92. The molecule has 0 unspecified atom stereocenters. The third-order valence-corrected chi connectivity index (χ3v) is 4.52. The highest BCUT2D eigenvalue weighted by atomic mass is 35.5. The molecular formula is C23H19ClN2O5. The zero-order valence-corrected chi connectivity index (χ0v) is 17.3. The number of esters is 2. The number of para-hydroxylation sites is 2. The molecule has 7 nitrogen and oxygen atoms in total. The first-order valence-electron chi connectivity index (χ1n) is 9.24. The molecule has 0 heterocycles. The van der Waals surface area contributed by atoms with Crippen LogP contribution in [0.25, 0.3) is 0 Å². The lowest BCUT2D eigenvalue weighted by Crippen LogP contribution is -2.21. The van der Waals surface area contributed by atoms with Gasteiger partial charge in [0.1, 0.15) is 0 Å². The molecule has 0 aliphatic rings. The van der Waals surface area contributed by atoms with Gasteiger partial charge >= 0.3 is 11.9 Å². The van der Waals surface area contributed by atoms with Crippen LogP contribution in [-0.4, -0.2) is 31.6 Å². The Morgan fingerprint density at radius 2 is 1.55 bits per heavy atom. The minimum absolute atomic E-state index is 0.111. The lowest BCUT2D eigenvalue weighted by molar-refractivity contribution is -0.119. The maximum absolute atomic E-state index is 12.5. The summed E-state index contributed by atoms with van der Waals surface area (Å²) >= 11 is 5.96. The van der Waals surface area contributed by atoms with E-state index in [1.54, 1.807) is 24.3 Å². The van der Waals surface area contributed by atoms with E-state index in [9.17, 15) is 14.4 Å². The van der Waals surface area contributed by atoms with E-state index in [-0.39, 0.29) is 10.6 Å². The number of anilines is 3. The number of nitrogens with one attached hydrogen (secondary N) is 2. The summed E-state index contributed by atoms with van der Waals surface area (Å²) in [7, 11) is 1.23. The SMILES string of the molecule is COC(=O)c1cc(NC(=O)COC(=O)c2ccccc2Nc2ccccc2)ccc1Cl. The molecule has 3 aromatic carbocycles. The molecule has 0 bridgehead atoms. The number of rotatable bonds is 7. The number of halogens is 1. The monoisotopic (exact) mass is 438 g/mol. The zero-order valence-electron chi connectivity index (χ0n) is 16.6. The normalized spacial score (nSPS) is 10.1. The van der Waals surface area contributed by atoms with Crippen LogP contribution < -0.4 is 10.6 Å². The number of hydrogen-bond acceptors (Lipinski definition) is 6. The molecule has 0 aliphatic carbocycles. The maximum Gasteiger partial charge on any atom is 0.340 e. The van der Waals surface area contributed by atoms with Crippen molar-refractivity contribution in [3.05, 3.63) is 88.9 Å². The Morgan fingerprint density at radius 1 is 0.839 bits per heavy atom. The molecule has 8 heteroatoms. The van der Waals surface area contributed by atoms with Crippen LogP contribution in [0.4, 0.5) is 17.1 Å². The van der Waals surface area contributed by atoms with E-state index < -0.39 is 24.5 Å². The number of hydrogen-bond donors (Lipinski definition) is 2. The van der Waals surface area contributed by atoms with Gasteiger partial charge in [0.2, 0.25) is 0 Å². The van der Waals surface area contributed by atoms with Gasteiger partial charge in [0.25, 0.3) is 5.91 Å². The second-order valence-electron chi connectivity index (χ2n) is 6.35. The summed E-state index contributed by atoms with van der Waals surface area (Å²) in [5.41, 5.74) is 2.08. The number of benzene rings is 3. The van der Waals surface area contributed by atoms with E-state index in [1.165, 1.54) is 25.3 Å². The van der Waals surface area contributed by atoms with Crippen molar-refractivity contribution in [1.29, 1.82) is 0 Å². The molecule has 0 saturated heterocycles. The molecule has 158 valence electrons. The fourth-order valence-electron chi connectivity index (χ4n) is 2.72. The number of methoxy groups -OCH3 is 1. The van der Waals surface area contributed by atoms with Gasteiger partial charge in [-0.05, 0) is 42.5 Å². The highest BCUT2D eigenvalue weighted by Crippen LogP contribution is 2.23. The Labute approximate surface area is 183 Å². The number of carbonyl (C=O) groups excluding carboxylic acids is 3. The highest BCUT2D eigenvalue weighted by Gasteiger charge is 2.16. The summed E-state index contributed by atoms with van der Waals surface area (Å²) in [6.45, 7) is -0.505. The van der Waals surface area contributed by atoms with E-state index in [2.05, 4.69) is 15.4 Å². The van der Waals surface area contributed by atoms with Crippen molar-refractivity contribution in [2.45, 2.75) is 0 Å². The van der Waals surface area contributed by atoms with Crippen LogP contribution in [0.2, 0.25) is 5.02 Å². The summed E-state index contributed by atoms with van der Waals surface area (Å²) in [6.07, 6.45) is 0. The van der Waals surface area contributed by atoms with E-state index in [0.717, 1.165) is 5.69 Å². The molecule has 0 atom stereocenters. The molecule has 3 aromatic rings. The molecule has 2 N–H and O–H groups in total. The second kappa shape index (κ2) is 10.3. The minimum atomic E-state index is -0.652. The summed E-state index contributed by atoms with van der Waals surface area (Å²) in [4.78, 5) is 36.4. The predicted octanol–water partition coefficient (Wildman–Crippen LogP) is 4.67. The van der Waals surface area contributed by atoms with Crippen LogP contribution in [0.15, 0.2) is 72.8 Å². The standard InChI is InChI=1S/C23H19ClN2O5/c1-30-22(28)18-13-16(11-12-19(18)24)26-21(27)14-31-23(29)17-9-5-6-10-20(17)25-15-7-3-2-4-8-15/h2-13,25H,14H2,1H3,(H,26,27). The number of ether oxygens (including phenoxy) is 2. The fraction of sp³-hybridized carbons (Fsp3) is 0.0870. The van der Waals surface area contributed by atoms with Crippen LogP contribution in [0, 0.1) is 0 Å². The first-order valence-corrected chi connectivity index (χ1v) is 9.61. The average molecular weight is 439 g/mol. The van der Waals surface area contributed by atoms with Crippen LogP contribution >= 0.6 is 11.6 Å². The van der Waals surface area contributed by atoms with Crippen LogP contribution in [0.5, 0.6) is 0 Å². The smallest absolute Gasteiger partial charge is 0.340 e.